The van der Waals surface area contributed by atoms with Gasteiger partial charge in [-0.3, -0.25) is 0 Å². The molecule has 1 rings (SSSR count). The summed E-state index contributed by atoms with van der Waals surface area (Å²) in [6.45, 7) is 7.59. The van der Waals surface area contributed by atoms with Gasteiger partial charge < -0.3 is 19.9 Å². The third-order valence-electron chi connectivity index (χ3n) is 2.32. The zero-order valence-corrected chi connectivity index (χ0v) is 9.44. The fourth-order valence-corrected chi connectivity index (χ4v) is 1.49. The molecule has 0 aromatic rings. The van der Waals surface area contributed by atoms with Gasteiger partial charge in [-0.15, -0.1) is 0 Å². The van der Waals surface area contributed by atoms with Gasteiger partial charge in [0, 0.05) is 26.2 Å². The predicted molar refractivity (Wildman–Crippen MR) is 58.9 cm³/mol. The van der Waals surface area contributed by atoms with Crippen LogP contribution in [0.4, 0.5) is 9.59 Å². The molecule has 0 unspecified atom stereocenters. The molecule has 90 valence electrons. The summed E-state index contributed by atoms with van der Waals surface area (Å²) in [5, 5.41) is 2.50. The number of carbonyl (C=O) groups excluding carboxylic acids is 2. The van der Waals surface area contributed by atoms with Crippen LogP contribution >= 0.6 is 0 Å². The van der Waals surface area contributed by atoms with Crippen molar-refractivity contribution in [2.24, 2.45) is 0 Å². The minimum Gasteiger partial charge on any atom is -0.450 e. The van der Waals surface area contributed by atoms with Crippen molar-refractivity contribution in [1.29, 1.82) is 0 Å². The van der Waals surface area contributed by atoms with Gasteiger partial charge in [0.2, 0.25) is 0 Å². The lowest BCUT2D eigenvalue weighted by molar-refractivity contribution is 0.0856. The van der Waals surface area contributed by atoms with Crippen molar-refractivity contribution in [3.63, 3.8) is 0 Å². The van der Waals surface area contributed by atoms with Gasteiger partial charge in [-0.25, -0.2) is 9.59 Å². The van der Waals surface area contributed by atoms with E-state index in [0.29, 0.717) is 32.8 Å². The smallest absolute Gasteiger partial charge is 0.409 e. The molecule has 0 spiro atoms. The number of hydrogen-bond donors (Lipinski definition) is 1. The Labute approximate surface area is 94.8 Å². The van der Waals surface area contributed by atoms with Crippen molar-refractivity contribution in [1.82, 2.24) is 15.1 Å². The van der Waals surface area contributed by atoms with E-state index < -0.39 is 0 Å². The van der Waals surface area contributed by atoms with E-state index in [4.69, 9.17) is 4.74 Å². The topological polar surface area (TPSA) is 61.9 Å². The normalized spacial score (nSPS) is 15.6. The molecule has 3 amide bonds. The van der Waals surface area contributed by atoms with Crippen LogP contribution in [0.2, 0.25) is 0 Å². The maximum absolute atomic E-state index is 11.4. The Balaban J connectivity index is 2.36. The third kappa shape index (κ3) is 3.15. The highest BCUT2D eigenvalue weighted by molar-refractivity contribution is 5.75. The molecule has 16 heavy (non-hydrogen) atoms. The molecule has 1 N–H and O–H groups in total. The second kappa shape index (κ2) is 5.99. The number of nitrogens with zero attached hydrogens (tertiary/aromatic N) is 2. The van der Waals surface area contributed by atoms with E-state index in [-0.39, 0.29) is 12.1 Å². The third-order valence-corrected chi connectivity index (χ3v) is 2.32. The number of nitrogens with one attached hydrogen (secondary N) is 1. The van der Waals surface area contributed by atoms with E-state index in [1.807, 2.05) is 0 Å². The fraction of sp³-hybridized carbons (Fsp3) is 0.600. The van der Waals surface area contributed by atoms with Crippen LogP contribution in [0.15, 0.2) is 12.8 Å². The van der Waals surface area contributed by atoms with E-state index in [1.165, 1.54) is 6.20 Å². The zero-order valence-electron chi connectivity index (χ0n) is 9.44. The molecule has 0 radical (unpaired) electrons. The summed E-state index contributed by atoms with van der Waals surface area (Å²) in [7, 11) is 0. The SMILES string of the molecule is C=CNC(=O)N1CCN(C(=O)OCC)CC1. The van der Waals surface area contributed by atoms with Gasteiger partial charge in [0.15, 0.2) is 0 Å². The first-order chi connectivity index (χ1) is 7.69. The fourth-order valence-electron chi connectivity index (χ4n) is 1.49. The Kier molecular flexibility index (Phi) is 4.63. The summed E-state index contributed by atoms with van der Waals surface area (Å²) < 4.78 is 4.88. The average molecular weight is 227 g/mol. The summed E-state index contributed by atoms with van der Waals surface area (Å²) in [5.41, 5.74) is 0. The first-order valence-electron chi connectivity index (χ1n) is 5.27. The molecule has 0 bridgehead atoms. The van der Waals surface area contributed by atoms with E-state index in [2.05, 4.69) is 11.9 Å². The number of ether oxygens (including phenoxy) is 1. The highest BCUT2D eigenvalue weighted by atomic mass is 16.6. The molecule has 1 aliphatic heterocycles. The molecule has 6 nitrogen and oxygen atoms in total. The Morgan fingerprint density at radius 1 is 1.31 bits per heavy atom. The lowest BCUT2D eigenvalue weighted by Crippen LogP contribution is -2.52. The van der Waals surface area contributed by atoms with Crippen LogP contribution in [0.5, 0.6) is 0 Å². The van der Waals surface area contributed by atoms with Crippen LogP contribution in [0.25, 0.3) is 0 Å². The zero-order chi connectivity index (χ0) is 12.0. The van der Waals surface area contributed by atoms with Gasteiger partial charge in [-0.05, 0) is 13.1 Å². The molecule has 1 aliphatic rings. The van der Waals surface area contributed by atoms with Crippen molar-refractivity contribution in [3.05, 3.63) is 12.8 Å². The lowest BCUT2D eigenvalue weighted by Gasteiger charge is -2.33. The standard InChI is InChI=1S/C10H17N3O3/c1-3-11-9(14)12-5-7-13(8-6-12)10(15)16-4-2/h3H,1,4-8H2,2H3,(H,11,14). The number of rotatable bonds is 2. The molecular formula is C10H17N3O3. The van der Waals surface area contributed by atoms with Crippen molar-refractivity contribution in [2.45, 2.75) is 6.92 Å². The minimum absolute atomic E-state index is 0.182. The quantitative estimate of drug-likeness (QED) is 0.752. The molecule has 0 atom stereocenters. The Morgan fingerprint density at radius 3 is 2.38 bits per heavy atom. The second-order valence-electron chi connectivity index (χ2n) is 3.33. The Bertz CT molecular complexity index is 272. The van der Waals surface area contributed by atoms with E-state index in [1.54, 1.807) is 16.7 Å². The summed E-state index contributed by atoms with van der Waals surface area (Å²) >= 11 is 0. The maximum atomic E-state index is 11.4. The minimum atomic E-state index is -0.314. The molecular weight excluding hydrogens is 210 g/mol. The number of urea groups is 1. The van der Waals surface area contributed by atoms with Gasteiger partial charge in [0.25, 0.3) is 0 Å². The molecule has 1 saturated heterocycles. The van der Waals surface area contributed by atoms with E-state index in [9.17, 15) is 9.59 Å². The monoisotopic (exact) mass is 227 g/mol. The first-order valence-corrected chi connectivity index (χ1v) is 5.27. The van der Waals surface area contributed by atoms with Crippen LogP contribution in [0, 0.1) is 0 Å². The van der Waals surface area contributed by atoms with Crippen LogP contribution < -0.4 is 5.32 Å². The van der Waals surface area contributed by atoms with Crippen molar-refractivity contribution in [2.75, 3.05) is 32.8 Å². The van der Waals surface area contributed by atoms with Crippen LogP contribution in [0.3, 0.4) is 0 Å². The largest absolute Gasteiger partial charge is 0.450 e. The summed E-state index contributed by atoms with van der Waals surface area (Å²) in [4.78, 5) is 26.0. The van der Waals surface area contributed by atoms with Crippen molar-refractivity contribution < 1.29 is 14.3 Å². The van der Waals surface area contributed by atoms with Gasteiger partial charge in [-0.1, -0.05) is 6.58 Å². The van der Waals surface area contributed by atoms with Crippen molar-refractivity contribution in [3.8, 4) is 0 Å². The summed E-state index contributed by atoms with van der Waals surface area (Å²) in [5.74, 6) is 0. The molecule has 1 heterocycles. The van der Waals surface area contributed by atoms with E-state index >= 15 is 0 Å². The van der Waals surface area contributed by atoms with E-state index in [0.717, 1.165) is 0 Å². The molecule has 0 saturated carbocycles. The van der Waals surface area contributed by atoms with Crippen LogP contribution in [-0.2, 0) is 4.74 Å². The lowest BCUT2D eigenvalue weighted by atomic mass is 10.3. The number of hydrogen-bond acceptors (Lipinski definition) is 3. The summed E-state index contributed by atoms with van der Waals surface area (Å²) in [6, 6.07) is -0.182. The Hall–Kier alpha value is -1.72. The van der Waals surface area contributed by atoms with Crippen molar-refractivity contribution >= 4 is 12.1 Å². The van der Waals surface area contributed by atoms with Crippen LogP contribution in [-0.4, -0.2) is 54.7 Å². The molecule has 0 aromatic carbocycles. The average Bonchev–Trinajstić information content (AvgIpc) is 2.30. The summed E-state index contributed by atoms with van der Waals surface area (Å²) in [6.07, 6.45) is 1.03. The first kappa shape index (κ1) is 12.4. The number of piperazine rings is 1. The van der Waals surface area contributed by atoms with Gasteiger partial charge in [0.1, 0.15) is 0 Å². The van der Waals surface area contributed by atoms with Gasteiger partial charge >= 0.3 is 12.1 Å². The predicted octanol–water partition coefficient (Wildman–Crippen LogP) is 0.614. The maximum Gasteiger partial charge on any atom is 0.409 e. The number of carbonyl (C=O) groups is 2. The Morgan fingerprint density at radius 2 is 1.88 bits per heavy atom. The van der Waals surface area contributed by atoms with Gasteiger partial charge in [-0.2, -0.15) is 0 Å². The second-order valence-corrected chi connectivity index (χ2v) is 3.33. The molecule has 0 aliphatic carbocycles. The van der Waals surface area contributed by atoms with Gasteiger partial charge in [0.05, 0.1) is 6.61 Å². The highest BCUT2D eigenvalue weighted by Gasteiger charge is 2.24. The van der Waals surface area contributed by atoms with Crippen LogP contribution in [0.1, 0.15) is 6.92 Å². The number of amides is 3. The molecule has 6 heteroatoms. The highest BCUT2D eigenvalue weighted by Crippen LogP contribution is 2.03. The molecule has 0 aromatic heterocycles. The molecule has 1 fully saturated rings.